The second-order valence-electron chi connectivity index (χ2n) is 5.42. The van der Waals surface area contributed by atoms with E-state index in [9.17, 15) is 14.7 Å². The summed E-state index contributed by atoms with van der Waals surface area (Å²) in [6.45, 7) is 1.40. The first-order chi connectivity index (χ1) is 11.0. The predicted octanol–water partition coefficient (Wildman–Crippen LogP) is 2.02. The minimum Gasteiger partial charge on any atom is -0.466 e. The van der Waals surface area contributed by atoms with Crippen LogP contribution in [0.3, 0.4) is 0 Å². The third-order valence-electron chi connectivity index (χ3n) is 3.53. The number of amides is 1. The topological polar surface area (TPSA) is 92.7 Å². The predicted molar refractivity (Wildman–Crippen MR) is 83.1 cm³/mol. The highest BCUT2D eigenvalue weighted by Crippen LogP contribution is 2.20. The van der Waals surface area contributed by atoms with E-state index in [4.69, 9.17) is 8.83 Å². The number of aliphatic hydroxyl groups is 1. The second kappa shape index (κ2) is 5.73. The molecule has 0 fully saturated rings. The number of fused-ring (bicyclic) bond motifs is 1. The Kier molecular flexibility index (Phi) is 3.75. The summed E-state index contributed by atoms with van der Waals surface area (Å²) in [5, 5.41) is 13.5. The average Bonchev–Trinajstić information content (AvgIpc) is 3.07. The summed E-state index contributed by atoms with van der Waals surface area (Å²) in [5.41, 5.74) is -1.80. The van der Waals surface area contributed by atoms with Gasteiger partial charge in [-0.3, -0.25) is 4.79 Å². The molecule has 118 valence electrons. The molecule has 0 radical (unpaired) electrons. The van der Waals surface area contributed by atoms with Gasteiger partial charge in [0.2, 0.25) is 0 Å². The molecule has 0 spiro atoms. The van der Waals surface area contributed by atoms with Gasteiger partial charge in [-0.1, -0.05) is 18.2 Å². The van der Waals surface area contributed by atoms with E-state index in [1.807, 2.05) is 0 Å². The van der Waals surface area contributed by atoms with Gasteiger partial charge in [0.25, 0.3) is 5.91 Å². The Balaban J connectivity index is 1.81. The fourth-order valence-electron chi connectivity index (χ4n) is 2.24. The smallest absolute Gasteiger partial charge is 0.349 e. The number of hydrogen-bond acceptors (Lipinski definition) is 5. The lowest BCUT2D eigenvalue weighted by molar-refractivity contribution is 0.0329. The number of carbonyl (C=O) groups is 1. The maximum absolute atomic E-state index is 12.2. The monoisotopic (exact) mass is 313 g/mol. The number of carbonyl (C=O) groups excluding carboxylic acids is 1. The van der Waals surface area contributed by atoms with Crippen molar-refractivity contribution in [2.45, 2.75) is 12.5 Å². The maximum Gasteiger partial charge on any atom is 0.349 e. The zero-order valence-electron chi connectivity index (χ0n) is 12.4. The Morgan fingerprint density at radius 1 is 1.26 bits per heavy atom. The zero-order chi connectivity index (χ0) is 16.4. The van der Waals surface area contributed by atoms with Crippen LogP contribution in [-0.2, 0) is 5.60 Å². The molecule has 3 rings (SSSR count). The van der Waals surface area contributed by atoms with Gasteiger partial charge in [0, 0.05) is 5.39 Å². The van der Waals surface area contributed by atoms with Crippen molar-refractivity contribution >= 4 is 16.9 Å². The van der Waals surface area contributed by atoms with Crippen molar-refractivity contribution < 1.29 is 18.7 Å². The lowest BCUT2D eigenvalue weighted by atomic mass is 10.0. The van der Waals surface area contributed by atoms with Crippen molar-refractivity contribution in [3.63, 3.8) is 0 Å². The molecule has 1 amide bonds. The van der Waals surface area contributed by atoms with Gasteiger partial charge in [-0.25, -0.2) is 4.79 Å². The summed E-state index contributed by atoms with van der Waals surface area (Å²) in [5.74, 6) is -0.292. The summed E-state index contributed by atoms with van der Waals surface area (Å²) < 4.78 is 10.3. The number of benzene rings is 1. The molecule has 0 saturated carbocycles. The molecule has 1 unspecified atom stereocenters. The third-order valence-corrected chi connectivity index (χ3v) is 3.53. The number of furan rings is 1. The minimum atomic E-state index is -1.38. The van der Waals surface area contributed by atoms with Crippen LogP contribution in [0, 0.1) is 0 Å². The van der Waals surface area contributed by atoms with Crippen molar-refractivity contribution in [3.05, 3.63) is 70.5 Å². The lowest BCUT2D eigenvalue weighted by Gasteiger charge is -2.20. The van der Waals surface area contributed by atoms with Crippen LogP contribution in [0.15, 0.2) is 62.4 Å². The van der Waals surface area contributed by atoms with E-state index >= 15 is 0 Å². The lowest BCUT2D eigenvalue weighted by Crippen LogP contribution is -2.39. The molecule has 1 atom stereocenters. The van der Waals surface area contributed by atoms with Gasteiger partial charge < -0.3 is 19.3 Å². The van der Waals surface area contributed by atoms with Gasteiger partial charge in [-0.15, -0.1) is 0 Å². The molecule has 3 aromatic rings. The highest BCUT2D eigenvalue weighted by atomic mass is 16.4. The molecule has 6 heteroatoms. The SMILES string of the molecule is CC(O)(CNC(=O)c1cc2ccccc2oc1=O)c1ccco1. The van der Waals surface area contributed by atoms with Crippen LogP contribution in [0.2, 0.25) is 0 Å². The Hall–Kier alpha value is -2.86. The number of para-hydroxylation sites is 1. The van der Waals surface area contributed by atoms with Crippen LogP contribution in [-0.4, -0.2) is 17.6 Å². The fraction of sp³-hybridized carbons (Fsp3) is 0.176. The summed E-state index contributed by atoms with van der Waals surface area (Å²) in [6, 6.07) is 11.6. The molecule has 2 heterocycles. The molecule has 23 heavy (non-hydrogen) atoms. The Labute approximate surface area is 131 Å². The first kappa shape index (κ1) is 15.1. The molecule has 0 bridgehead atoms. The normalized spacial score (nSPS) is 13.7. The summed E-state index contributed by atoms with van der Waals surface area (Å²) >= 11 is 0. The molecule has 0 aliphatic heterocycles. The van der Waals surface area contributed by atoms with Gasteiger partial charge in [0.05, 0.1) is 12.8 Å². The molecule has 0 saturated heterocycles. The van der Waals surface area contributed by atoms with Crippen LogP contribution in [0.5, 0.6) is 0 Å². The average molecular weight is 313 g/mol. The number of rotatable bonds is 4. The first-order valence-corrected chi connectivity index (χ1v) is 7.05. The van der Waals surface area contributed by atoms with E-state index in [-0.39, 0.29) is 12.1 Å². The van der Waals surface area contributed by atoms with Gasteiger partial charge in [-0.05, 0) is 31.2 Å². The van der Waals surface area contributed by atoms with E-state index in [1.165, 1.54) is 19.3 Å². The Bertz CT molecular complexity index is 893. The summed E-state index contributed by atoms with van der Waals surface area (Å²) in [7, 11) is 0. The third kappa shape index (κ3) is 3.02. The van der Waals surface area contributed by atoms with Gasteiger partial charge >= 0.3 is 5.63 Å². The summed E-state index contributed by atoms with van der Waals surface area (Å²) in [6.07, 6.45) is 1.43. The Morgan fingerprint density at radius 2 is 2.04 bits per heavy atom. The van der Waals surface area contributed by atoms with Crippen LogP contribution >= 0.6 is 0 Å². The van der Waals surface area contributed by atoms with Gasteiger partial charge in [-0.2, -0.15) is 0 Å². The van der Waals surface area contributed by atoms with Crippen molar-refractivity contribution in [1.29, 1.82) is 0 Å². The second-order valence-corrected chi connectivity index (χ2v) is 5.42. The molecule has 2 N–H and O–H groups in total. The van der Waals surface area contributed by atoms with Crippen molar-refractivity contribution in [1.82, 2.24) is 5.32 Å². The number of hydrogen-bond donors (Lipinski definition) is 2. The van der Waals surface area contributed by atoms with E-state index in [1.54, 1.807) is 36.4 Å². The molecule has 0 aliphatic rings. The van der Waals surface area contributed by atoms with Gasteiger partial charge in [0.15, 0.2) is 0 Å². The largest absolute Gasteiger partial charge is 0.466 e. The van der Waals surface area contributed by atoms with Crippen molar-refractivity contribution in [2.24, 2.45) is 0 Å². The summed E-state index contributed by atoms with van der Waals surface area (Å²) in [4.78, 5) is 24.1. The van der Waals surface area contributed by atoms with Gasteiger partial charge in [0.1, 0.15) is 22.5 Å². The van der Waals surface area contributed by atoms with Crippen LogP contribution in [0.1, 0.15) is 23.0 Å². The maximum atomic E-state index is 12.2. The highest BCUT2D eigenvalue weighted by Gasteiger charge is 2.27. The molecule has 2 aromatic heterocycles. The van der Waals surface area contributed by atoms with Crippen molar-refractivity contribution in [2.75, 3.05) is 6.54 Å². The molecule has 0 aliphatic carbocycles. The minimum absolute atomic E-state index is 0.106. The van der Waals surface area contributed by atoms with Crippen LogP contribution < -0.4 is 10.9 Å². The zero-order valence-corrected chi connectivity index (χ0v) is 12.4. The quantitative estimate of drug-likeness (QED) is 0.719. The molecule has 6 nitrogen and oxygen atoms in total. The number of nitrogens with one attached hydrogen (secondary N) is 1. The van der Waals surface area contributed by atoms with E-state index in [0.29, 0.717) is 16.7 Å². The molecular weight excluding hydrogens is 298 g/mol. The standard InChI is InChI=1S/C17H15NO5/c1-17(21,14-7-4-8-22-14)10-18-15(19)12-9-11-5-2-3-6-13(11)23-16(12)20/h2-9,21H,10H2,1H3,(H,18,19). The van der Waals surface area contributed by atoms with Crippen LogP contribution in [0.4, 0.5) is 0 Å². The molecular formula is C17H15NO5. The van der Waals surface area contributed by atoms with E-state index < -0.39 is 17.1 Å². The van der Waals surface area contributed by atoms with Crippen molar-refractivity contribution in [3.8, 4) is 0 Å². The van der Waals surface area contributed by atoms with Crippen LogP contribution in [0.25, 0.3) is 11.0 Å². The van der Waals surface area contributed by atoms with E-state index in [2.05, 4.69) is 5.32 Å². The Morgan fingerprint density at radius 3 is 2.78 bits per heavy atom. The first-order valence-electron chi connectivity index (χ1n) is 7.05. The van der Waals surface area contributed by atoms with E-state index in [0.717, 1.165) is 0 Å². The molecule has 1 aromatic carbocycles. The fourth-order valence-corrected chi connectivity index (χ4v) is 2.24. The highest BCUT2D eigenvalue weighted by molar-refractivity contribution is 5.96.